The van der Waals surface area contributed by atoms with Gasteiger partial charge in [-0.15, -0.1) is 0 Å². The molecule has 8 heteroatoms. The second-order valence-electron chi connectivity index (χ2n) is 6.33. The number of carbonyl (C=O) groups excluding carboxylic acids is 1. The fraction of sp³-hybridized carbons (Fsp3) is 0.389. The minimum absolute atomic E-state index is 0.131. The molecule has 1 aliphatic heterocycles. The van der Waals surface area contributed by atoms with Crippen LogP contribution in [0, 0.1) is 12.8 Å². The summed E-state index contributed by atoms with van der Waals surface area (Å²) in [5, 5.41) is 2.62. The Bertz CT molecular complexity index is 772. The van der Waals surface area contributed by atoms with Crippen LogP contribution in [0.1, 0.15) is 24.0 Å². The number of hydrogen-bond acceptors (Lipinski definition) is 4. The SMILES string of the molecule is Cc1ccc(NC(=O)C2CCN(c3ncccn3)CC2)cc1C(F)(F)F. The summed E-state index contributed by atoms with van der Waals surface area (Å²) in [6.07, 6.45) is 0.0868. The minimum Gasteiger partial charge on any atom is -0.341 e. The fourth-order valence-corrected chi connectivity index (χ4v) is 3.05. The van der Waals surface area contributed by atoms with Crippen molar-refractivity contribution in [3.05, 3.63) is 47.8 Å². The summed E-state index contributed by atoms with van der Waals surface area (Å²) in [5.74, 6) is 0.126. The Morgan fingerprint density at radius 2 is 1.85 bits per heavy atom. The van der Waals surface area contributed by atoms with Gasteiger partial charge in [0.05, 0.1) is 5.56 Å². The number of anilines is 2. The average Bonchev–Trinajstić information content (AvgIpc) is 2.63. The molecule has 2 heterocycles. The highest BCUT2D eigenvalue weighted by molar-refractivity contribution is 5.92. The zero-order valence-electron chi connectivity index (χ0n) is 14.3. The number of nitrogens with zero attached hydrogens (tertiary/aromatic N) is 3. The third-order valence-electron chi connectivity index (χ3n) is 4.51. The highest BCUT2D eigenvalue weighted by Crippen LogP contribution is 2.33. The molecule has 0 saturated carbocycles. The van der Waals surface area contributed by atoms with Gasteiger partial charge in [0.15, 0.2) is 0 Å². The van der Waals surface area contributed by atoms with Crippen LogP contribution >= 0.6 is 0 Å². The van der Waals surface area contributed by atoms with Crippen molar-refractivity contribution in [3.63, 3.8) is 0 Å². The maximum absolute atomic E-state index is 13.0. The number of aryl methyl sites for hydroxylation is 1. The van der Waals surface area contributed by atoms with Crippen molar-refractivity contribution in [1.29, 1.82) is 0 Å². The topological polar surface area (TPSA) is 58.1 Å². The van der Waals surface area contributed by atoms with Gasteiger partial charge < -0.3 is 10.2 Å². The molecule has 1 aliphatic rings. The first-order chi connectivity index (χ1) is 12.3. The monoisotopic (exact) mass is 364 g/mol. The number of amides is 1. The minimum atomic E-state index is -4.44. The van der Waals surface area contributed by atoms with Gasteiger partial charge in [-0.3, -0.25) is 4.79 Å². The molecule has 1 N–H and O–H groups in total. The molecule has 1 amide bonds. The van der Waals surface area contributed by atoms with Crippen molar-refractivity contribution >= 4 is 17.5 Å². The van der Waals surface area contributed by atoms with Crippen molar-refractivity contribution in [3.8, 4) is 0 Å². The third-order valence-corrected chi connectivity index (χ3v) is 4.51. The number of rotatable bonds is 3. The summed E-state index contributed by atoms with van der Waals surface area (Å²) in [7, 11) is 0. The first kappa shape index (κ1) is 18.2. The number of hydrogen-bond donors (Lipinski definition) is 1. The van der Waals surface area contributed by atoms with Gasteiger partial charge in [-0.1, -0.05) is 6.07 Å². The second kappa shape index (κ2) is 7.31. The van der Waals surface area contributed by atoms with Crippen molar-refractivity contribution in [2.45, 2.75) is 25.9 Å². The number of piperidine rings is 1. The molecule has 0 atom stereocenters. The molecular formula is C18H19F3N4O. The molecule has 1 saturated heterocycles. The lowest BCUT2D eigenvalue weighted by atomic mass is 9.96. The maximum atomic E-state index is 13.0. The van der Waals surface area contributed by atoms with E-state index in [0.717, 1.165) is 6.07 Å². The van der Waals surface area contributed by atoms with E-state index in [1.54, 1.807) is 18.5 Å². The van der Waals surface area contributed by atoms with Crippen LogP contribution in [0.25, 0.3) is 0 Å². The molecular weight excluding hydrogens is 345 g/mol. The van der Waals surface area contributed by atoms with Gasteiger partial charge >= 0.3 is 6.18 Å². The van der Waals surface area contributed by atoms with Gasteiger partial charge in [0.25, 0.3) is 0 Å². The Morgan fingerprint density at radius 3 is 2.46 bits per heavy atom. The number of nitrogens with one attached hydrogen (secondary N) is 1. The molecule has 138 valence electrons. The number of halogens is 3. The Balaban J connectivity index is 1.61. The summed E-state index contributed by atoms with van der Waals surface area (Å²) >= 11 is 0. The van der Waals surface area contributed by atoms with E-state index in [4.69, 9.17) is 0 Å². The molecule has 0 radical (unpaired) electrons. The molecule has 3 rings (SSSR count). The molecule has 1 aromatic carbocycles. The predicted octanol–water partition coefficient (Wildman–Crippen LogP) is 3.66. The van der Waals surface area contributed by atoms with Crippen LogP contribution in [-0.2, 0) is 11.0 Å². The van der Waals surface area contributed by atoms with Crippen LogP contribution in [0.2, 0.25) is 0 Å². The lowest BCUT2D eigenvalue weighted by molar-refractivity contribution is -0.138. The van der Waals surface area contributed by atoms with Crippen LogP contribution in [0.5, 0.6) is 0 Å². The van der Waals surface area contributed by atoms with Gasteiger partial charge in [0, 0.05) is 37.1 Å². The first-order valence-electron chi connectivity index (χ1n) is 8.35. The molecule has 1 fully saturated rings. The van der Waals surface area contributed by atoms with Gasteiger partial charge in [-0.05, 0) is 43.5 Å². The summed E-state index contributed by atoms with van der Waals surface area (Å²) in [4.78, 5) is 22.8. The smallest absolute Gasteiger partial charge is 0.341 e. The summed E-state index contributed by atoms with van der Waals surface area (Å²) in [6.45, 7) is 2.66. The van der Waals surface area contributed by atoms with Crippen molar-refractivity contribution in [1.82, 2.24) is 9.97 Å². The number of carbonyl (C=O) groups is 1. The van der Waals surface area contributed by atoms with E-state index in [9.17, 15) is 18.0 Å². The highest BCUT2D eigenvalue weighted by Gasteiger charge is 2.33. The molecule has 5 nitrogen and oxygen atoms in total. The predicted molar refractivity (Wildman–Crippen MR) is 91.8 cm³/mol. The summed E-state index contributed by atoms with van der Waals surface area (Å²) < 4.78 is 39.0. The number of benzene rings is 1. The largest absolute Gasteiger partial charge is 0.416 e. The molecule has 0 spiro atoms. The number of aromatic nitrogens is 2. The lowest BCUT2D eigenvalue weighted by Crippen LogP contribution is -2.39. The Kier molecular flexibility index (Phi) is 5.11. The van der Waals surface area contributed by atoms with E-state index in [1.807, 2.05) is 4.90 Å². The third kappa shape index (κ3) is 4.12. The molecule has 0 unspecified atom stereocenters. The van der Waals surface area contributed by atoms with E-state index in [1.165, 1.54) is 19.1 Å². The van der Waals surface area contributed by atoms with Gasteiger partial charge in [-0.2, -0.15) is 13.2 Å². The Morgan fingerprint density at radius 1 is 1.19 bits per heavy atom. The average molecular weight is 364 g/mol. The van der Waals surface area contributed by atoms with Gasteiger partial charge in [0.1, 0.15) is 0 Å². The number of alkyl halides is 3. The first-order valence-corrected chi connectivity index (χ1v) is 8.35. The van der Waals surface area contributed by atoms with E-state index in [2.05, 4.69) is 15.3 Å². The Labute approximate surface area is 149 Å². The maximum Gasteiger partial charge on any atom is 0.416 e. The van der Waals surface area contributed by atoms with Crippen molar-refractivity contribution in [2.75, 3.05) is 23.3 Å². The van der Waals surface area contributed by atoms with Crippen LogP contribution in [0.4, 0.5) is 24.8 Å². The van der Waals surface area contributed by atoms with Gasteiger partial charge in [0.2, 0.25) is 11.9 Å². The van der Waals surface area contributed by atoms with Crippen LogP contribution < -0.4 is 10.2 Å². The fourth-order valence-electron chi connectivity index (χ4n) is 3.05. The molecule has 0 aliphatic carbocycles. The second-order valence-corrected chi connectivity index (χ2v) is 6.33. The summed E-state index contributed by atoms with van der Waals surface area (Å²) in [5.41, 5.74) is -0.431. The quantitative estimate of drug-likeness (QED) is 0.903. The normalized spacial score (nSPS) is 15.8. The van der Waals surface area contributed by atoms with Crippen LogP contribution in [0.3, 0.4) is 0 Å². The lowest BCUT2D eigenvalue weighted by Gasteiger charge is -2.31. The van der Waals surface area contributed by atoms with E-state index >= 15 is 0 Å². The van der Waals surface area contributed by atoms with Crippen molar-refractivity contribution in [2.24, 2.45) is 5.92 Å². The van der Waals surface area contributed by atoms with Crippen molar-refractivity contribution < 1.29 is 18.0 Å². The van der Waals surface area contributed by atoms with Crippen LogP contribution in [-0.4, -0.2) is 29.0 Å². The zero-order chi connectivity index (χ0) is 18.7. The van der Waals surface area contributed by atoms with Gasteiger partial charge in [-0.25, -0.2) is 9.97 Å². The van der Waals surface area contributed by atoms with E-state index in [-0.39, 0.29) is 23.1 Å². The molecule has 2 aromatic rings. The molecule has 1 aromatic heterocycles. The Hall–Kier alpha value is -2.64. The molecule has 0 bridgehead atoms. The van der Waals surface area contributed by atoms with E-state index in [0.29, 0.717) is 31.9 Å². The van der Waals surface area contributed by atoms with Crippen LogP contribution in [0.15, 0.2) is 36.7 Å². The van der Waals surface area contributed by atoms with E-state index < -0.39 is 11.7 Å². The standard InChI is InChI=1S/C18H19F3N4O/c1-12-3-4-14(11-15(12)18(19,20)21)24-16(26)13-5-9-25(10-6-13)17-22-7-2-8-23-17/h2-4,7-8,11,13H,5-6,9-10H2,1H3,(H,24,26). The zero-order valence-corrected chi connectivity index (χ0v) is 14.3. The summed E-state index contributed by atoms with van der Waals surface area (Å²) in [6, 6.07) is 5.59. The molecule has 26 heavy (non-hydrogen) atoms. The highest BCUT2D eigenvalue weighted by atomic mass is 19.4.